The third kappa shape index (κ3) is 4.51. The summed E-state index contributed by atoms with van der Waals surface area (Å²) in [5.74, 6) is 0.419. The monoisotopic (exact) mass is 362 g/mol. The van der Waals surface area contributed by atoms with E-state index in [0.29, 0.717) is 29.6 Å². The zero-order valence-corrected chi connectivity index (χ0v) is 14.6. The van der Waals surface area contributed by atoms with E-state index in [1.165, 1.54) is 0 Å². The molecule has 8 heteroatoms. The third-order valence-corrected chi connectivity index (χ3v) is 4.24. The summed E-state index contributed by atoms with van der Waals surface area (Å²) >= 11 is 5.94. The number of benzene rings is 1. The Morgan fingerprint density at radius 2 is 2.24 bits per heavy atom. The van der Waals surface area contributed by atoms with Crippen LogP contribution in [0.2, 0.25) is 5.15 Å². The van der Waals surface area contributed by atoms with Gasteiger partial charge in [0.25, 0.3) is 0 Å². The first kappa shape index (κ1) is 17.3. The van der Waals surface area contributed by atoms with E-state index in [1.54, 1.807) is 47.0 Å². The minimum atomic E-state index is -0.219. The van der Waals surface area contributed by atoms with Crippen LogP contribution in [-0.2, 0) is 23.2 Å². The molecule has 3 rings (SSSR count). The number of rotatable bonds is 6. The summed E-state index contributed by atoms with van der Waals surface area (Å²) in [4.78, 5) is 25.2. The van der Waals surface area contributed by atoms with E-state index in [4.69, 9.17) is 16.3 Å². The minimum Gasteiger partial charge on any atom is -0.487 e. The van der Waals surface area contributed by atoms with Gasteiger partial charge in [-0.3, -0.25) is 14.3 Å². The normalized spacial score (nSPS) is 14.0. The highest BCUT2D eigenvalue weighted by molar-refractivity contribution is 6.29. The van der Waals surface area contributed by atoms with E-state index in [1.807, 2.05) is 0 Å². The summed E-state index contributed by atoms with van der Waals surface area (Å²) < 4.78 is 7.25. The van der Waals surface area contributed by atoms with Crippen molar-refractivity contribution in [1.29, 1.82) is 0 Å². The maximum Gasteiger partial charge on any atom is 0.243 e. The van der Waals surface area contributed by atoms with Gasteiger partial charge in [-0.25, -0.2) is 0 Å². The SMILES string of the molecule is Cn1nc(COc2cccc(NC(=O)CN3CCCC3=O)c2)cc1Cl. The number of nitrogens with one attached hydrogen (secondary N) is 1. The molecule has 1 aromatic carbocycles. The zero-order chi connectivity index (χ0) is 17.8. The summed E-state index contributed by atoms with van der Waals surface area (Å²) in [6.45, 7) is 0.999. The molecule has 1 aliphatic rings. The Balaban J connectivity index is 1.55. The smallest absolute Gasteiger partial charge is 0.243 e. The second-order valence-corrected chi connectivity index (χ2v) is 6.25. The quantitative estimate of drug-likeness (QED) is 0.854. The Morgan fingerprint density at radius 3 is 2.92 bits per heavy atom. The van der Waals surface area contributed by atoms with E-state index >= 15 is 0 Å². The van der Waals surface area contributed by atoms with E-state index in [9.17, 15) is 9.59 Å². The summed E-state index contributed by atoms with van der Waals surface area (Å²) in [7, 11) is 1.76. The van der Waals surface area contributed by atoms with Crippen LogP contribution in [0.25, 0.3) is 0 Å². The van der Waals surface area contributed by atoms with E-state index in [0.717, 1.165) is 12.1 Å². The van der Waals surface area contributed by atoms with Crippen LogP contribution < -0.4 is 10.1 Å². The van der Waals surface area contributed by atoms with Crippen LogP contribution in [0.15, 0.2) is 30.3 Å². The zero-order valence-electron chi connectivity index (χ0n) is 13.9. The molecule has 0 unspecified atom stereocenters. The van der Waals surface area contributed by atoms with Crippen LogP contribution >= 0.6 is 11.6 Å². The molecule has 2 aromatic rings. The molecule has 0 radical (unpaired) electrons. The molecule has 0 spiro atoms. The maximum absolute atomic E-state index is 12.1. The molecule has 0 bridgehead atoms. The molecule has 25 heavy (non-hydrogen) atoms. The van der Waals surface area contributed by atoms with Gasteiger partial charge in [0.15, 0.2) is 0 Å². The molecule has 132 valence electrons. The van der Waals surface area contributed by atoms with E-state index in [-0.39, 0.29) is 25.0 Å². The molecule has 0 atom stereocenters. The van der Waals surface area contributed by atoms with Gasteiger partial charge < -0.3 is 15.0 Å². The van der Waals surface area contributed by atoms with Gasteiger partial charge in [0.2, 0.25) is 11.8 Å². The predicted molar refractivity (Wildman–Crippen MR) is 93.4 cm³/mol. The van der Waals surface area contributed by atoms with Crippen molar-refractivity contribution in [1.82, 2.24) is 14.7 Å². The number of likely N-dealkylation sites (tertiary alicyclic amines) is 1. The first-order valence-electron chi connectivity index (χ1n) is 8.00. The number of ether oxygens (including phenoxy) is 1. The molecule has 1 N–H and O–H groups in total. The van der Waals surface area contributed by atoms with E-state index < -0.39 is 0 Å². The number of amides is 2. The average Bonchev–Trinajstić information content (AvgIpc) is 3.11. The number of nitrogens with zero attached hydrogens (tertiary/aromatic N) is 3. The first-order chi connectivity index (χ1) is 12.0. The number of aryl methyl sites for hydroxylation is 1. The van der Waals surface area contributed by atoms with Crippen molar-refractivity contribution in [2.75, 3.05) is 18.4 Å². The molecular formula is C17H19ClN4O3. The van der Waals surface area contributed by atoms with Gasteiger partial charge in [-0.1, -0.05) is 17.7 Å². The van der Waals surface area contributed by atoms with Crippen molar-refractivity contribution in [3.8, 4) is 5.75 Å². The molecule has 1 aromatic heterocycles. The van der Waals surface area contributed by atoms with Gasteiger partial charge in [0, 0.05) is 37.8 Å². The number of halogens is 1. The Kier molecular flexibility index (Phi) is 5.23. The third-order valence-electron chi connectivity index (χ3n) is 3.88. The average molecular weight is 363 g/mol. The highest BCUT2D eigenvalue weighted by Gasteiger charge is 2.22. The van der Waals surface area contributed by atoms with Crippen molar-refractivity contribution in [2.24, 2.45) is 7.05 Å². The van der Waals surface area contributed by atoms with Gasteiger partial charge in [-0.2, -0.15) is 5.10 Å². The van der Waals surface area contributed by atoms with Crippen LogP contribution in [0.1, 0.15) is 18.5 Å². The molecule has 2 heterocycles. The van der Waals surface area contributed by atoms with Crippen LogP contribution in [0.3, 0.4) is 0 Å². The molecular weight excluding hydrogens is 344 g/mol. The van der Waals surface area contributed by atoms with Crippen molar-refractivity contribution in [2.45, 2.75) is 19.4 Å². The molecule has 7 nitrogen and oxygen atoms in total. The van der Waals surface area contributed by atoms with Crippen molar-refractivity contribution < 1.29 is 14.3 Å². The lowest BCUT2D eigenvalue weighted by molar-refractivity contribution is -0.131. The molecule has 0 saturated carbocycles. The summed E-state index contributed by atoms with van der Waals surface area (Å²) in [5.41, 5.74) is 1.34. The number of hydrogen-bond acceptors (Lipinski definition) is 4. The minimum absolute atomic E-state index is 0.0289. The number of anilines is 1. The van der Waals surface area contributed by atoms with Gasteiger partial charge >= 0.3 is 0 Å². The number of carbonyl (C=O) groups excluding carboxylic acids is 2. The molecule has 0 aliphatic carbocycles. The highest BCUT2D eigenvalue weighted by atomic mass is 35.5. The van der Waals surface area contributed by atoms with Crippen LogP contribution in [0.4, 0.5) is 5.69 Å². The fraction of sp³-hybridized carbons (Fsp3) is 0.353. The second kappa shape index (κ2) is 7.57. The number of hydrogen-bond donors (Lipinski definition) is 1. The summed E-state index contributed by atoms with van der Waals surface area (Å²) in [6, 6.07) is 8.82. The Bertz CT molecular complexity index is 770. The predicted octanol–water partition coefficient (Wildman–Crippen LogP) is 2.21. The van der Waals surface area contributed by atoms with Crippen molar-refractivity contribution in [3.63, 3.8) is 0 Å². The van der Waals surface area contributed by atoms with Gasteiger partial charge in [0.1, 0.15) is 23.2 Å². The lowest BCUT2D eigenvalue weighted by atomic mass is 10.3. The largest absolute Gasteiger partial charge is 0.487 e. The number of aromatic nitrogens is 2. The Labute approximate surface area is 150 Å². The second-order valence-electron chi connectivity index (χ2n) is 5.87. The molecule has 1 saturated heterocycles. The summed E-state index contributed by atoms with van der Waals surface area (Å²) in [6.07, 6.45) is 1.33. The Hall–Kier alpha value is -2.54. The van der Waals surface area contributed by atoms with Crippen LogP contribution in [0.5, 0.6) is 5.75 Å². The molecule has 2 amide bonds. The topological polar surface area (TPSA) is 76.5 Å². The lowest BCUT2D eigenvalue weighted by Gasteiger charge is -2.15. The van der Waals surface area contributed by atoms with Crippen LogP contribution in [-0.4, -0.2) is 39.6 Å². The first-order valence-corrected chi connectivity index (χ1v) is 8.38. The Morgan fingerprint density at radius 1 is 1.40 bits per heavy atom. The lowest BCUT2D eigenvalue weighted by Crippen LogP contribution is -2.33. The molecule has 1 aliphatic heterocycles. The fourth-order valence-corrected chi connectivity index (χ4v) is 2.80. The number of carbonyl (C=O) groups is 2. The van der Waals surface area contributed by atoms with Gasteiger partial charge in [0.05, 0.1) is 6.54 Å². The van der Waals surface area contributed by atoms with Crippen LogP contribution in [0, 0.1) is 0 Å². The summed E-state index contributed by atoms with van der Waals surface area (Å²) in [5, 5.41) is 7.54. The van der Waals surface area contributed by atoms with Crippen molar-refractivity contribution in [3.05, 3.63) is 41.2 Å². The maximum atomic E-state index is 12.1. The standard InChI is InChI=1S/C17H19ClN4O3/c1-21-15(18)9-13(20-21)11-25-14-5-2-4-12(8-14)19-16(23)10-22-7-3-6-17(22)24/h2,4-5,8-9H,3,6-7,10-11H2,1H3,(H,19,23). The molecule has 1 fully saturated rings. The van der Waals surface area contributed by atoms with E-state index in [2.05, 4.69) is 10.4 Å². The van der Waals surface area contributed by atoms with Gasteiger partial charge in [-0.15, -0.1) is 0 Å². The van der Waals surface area contributed by atoms with Crippen molar-refractivity contribution >= 4 is 29.1 Å². The highest BCUT2D eigenvalue weighted by Crippen LogP contribution is 2.19. The van der Waals surface area contributed by atoms with Gasteiger partial charge in [-0.05, 0) is 18.6 Å². The fourth-order valence-electron chi connectivity index (χ4n) is 2.64.